The number of amides is 1. The molecular weight excluding hydrogens is 260 g/mol. The fourth-order valence-corrected chi connectivity index (χ4v) is 2.60. The number of carbonyl (C=O) groups excluding carboxylic acids is 1. The summed E-state index contributed by atoms with van der Waals surface area (Å²) in [6.45, 7) is 1.79. The Bertz CT molecular complexity index is 505. The van der Waals surface area contributed by atoms with Crippen LogP contribution in [0.1, 0.15) is 19.8 Å². The fraction of sp³-hybridized carbons (Fsp3) is 0.429. The van der Waals surface area contributed by atoms with Gasteiger partial charge in [0.15, 0.2) is 0 Å². The molecule has 1 aromatic rings. The average Bonchev–Trinajstić information content (AvgIpc) is 3.22. The highest BCUT2D eigenvalue weighted by Crippen LogP contribution is 2.39. The molecule has 0 saturated heterocycles. The van der Waals surface area contributed by atoms with Crippen LogP contribution in [0.25, 0.3) is 0 Å². The third kappa shape index (κ3) is 3.65. The van der Waals surface area contributed by atoms with E-state index in [-0.39, 0.29) is 17.4 Å². The van der Waals surface area contributed by atoms with Crippen molar-refractivity contribution < 1.29 is 9.90 Å². The molecule has 1 aromatic carbocycles. The zero-order valence-corrected chi connectivity index (χ0v) is 11.5. The van der Waals surface area contributed by atoms with E-state index in [0.29, 0.717) is 5.92 Å². The molecule has 2 N–H and O–H groups in total. The molecule has 0 bridgehead atoms. The van der Waals surface area contributed by atoms with Crippen molar-refractivity contribution >= 4 is 17.7 Å². The maximum Gasteiger partial charge on any atom is 0.231 e. The first kappa shape index (κ1) is 13.8. The minimum atomic E-state index is -0.730. The second-order valence-electron chi connectivity index (χ2n) is 4.92. The van der Waals surface area contributed by atoms with Crippen molar-refractivity contribution in [3.8, 4) is 11.8 Å². The van der Waals surface area contributed by atoms with E-state index in [2.05, 4.69) is 11.4 Å². The molecule has 1 amide bonds. The monoisotopic (exact) mass is 276 g/mol. The number of hydrogen-bond donors (Lipinski definition) is 2. The van der Waals surface area contributed by atoms with Gasteiger partial charge in [-0.3, -0.25) is 4.79 Å². The largest absolute Gasteiger partial charge is 0.508 e. The number of aromatic hydroxyl groups is 1. The summed E-state index contributed by atoms with van der Waals surface area (Å²) >= 11 is 1.39. The Labute approximate surface area is 116 Å². The van der Waals surface area contributed by atoms with Gasteiger partial charge in [0.25, 0.3) is 0 Å². The first-order valence-electron chi connectivity index (χ1n) is 6.17. The molecule has 4 nitrogen and oxygen atoms in total. The van der Waals surface area contributed by atoms with Crippen LogP contribution in [0.5, 0.6) is 5.75 Å². The molecule has 5 heteroatoms. The quantitative estimate of drug-likeness (QED) is 0.809. The van der Waals surface area contributed by atoms with Gasteiger partial charge in [0.1, 0.15) is 11.3 Å². The molecular formula is C14H16N2O2S. The number of hydrogen-bond acceptors (Lipinski definition) is 4. The third-order valence-corrected chi connectivity index (χ3v) is 4.24. The van der Waals surface area contributed by atoms with Gasteiger partial charge in [-0.1, -0.05) is 0 Å². The van der Waals surface area contributed by atoms with Crippen LogP contribution in [-0.4, -0.2) is 22.3 Å². The zero-order valence-electron chi connectivity index (χ0n) is 10.7. The lowest BCUT2D eigenvalue weighted by atomic mass is 9.98. The molecule has 19 heavy (non-hydrogen) atoms. The fourth-order valence-electron chi connectivity index (χ4n) is 1.90. The highest BCUT2D eigenvalue weighted by Gasteiger charge is 2.42. The first-order chi connectivity index (χ1) is 9.03. The maximum absolute atomic E-state index is 11.9. The summed E-state index contributed by atoms with van der Waals surface area (Å²) in [6.07, 6.45) is 2.02. The number of nitriles is 1. The summed E-state index contributed by atoms with van der Waals surface area (Å²) in [7, 11) is 0. The van der Waals surface area contributed by atoms with E-state index in [1.165, 1.54) is 11.8 Å². The smallest absolute Gasteiger partial charge is 0.231 e. The highest BCUT2D eigenvalue weighted by molar-refractivity contribution is 8.00. The Hall–Kier alpha value is -1.67. The van der Waals surface area contributed by atoms with Gasteiger partial charge in [0.2, 0.25) is 5.91 Å². The third-order valence-electron chi connectivity index (χ3n) is 3.23. The summed E-state index contributed by atoms with van der Waals surface area (Å²) in [4.78, 5) is 12.8. The molecule has 1 aliphatic rings. The molecule has 0 aromatic heterocycles. The van der Waals surface area contributed by atoms with Crippen molar-refractivity contribution in [2.45, 2.75) is 30.2 Å². The topological polar surface area (TPSA) is 73.1 Å². The predicted octanol–water partition coefficient (Wildman–Crippen LogP) is 2.29. The van der Waals surface area contributed by atoms with Gasteiger partial charge < -0.3 is 10.4 Å². The van der Waals surface area contributed by atoms with Crippen molar-refractivity contribution in [3.63, 3.8) is 0 Å². The van der Waals surface area contributed by atoms with E-state index in [0.717, 1.165) is 17.7 Å². The number of benzene rings is 1. The zero-order chi connectivity index (χ0) is 13.9. The summed E-state index contributed by atoms with van der Waals surface area (Å²) in [5, 5.41) is 21.1. The van der Waals surface area contributed by atoms with Gasteiger partial charge in [0, 0.05) is 4.90 Å². The van der Waals surface area contributed by atoms with E-state index in [1.807, 2.05) is 0 Å². The summed E-state index contributed by atoms with van der Waals surface area (Å²) in [6, 6.07) is 8.90. The molecule has 1 saturated carbocycles. The Kier molecular flexibility index (Phi) is 4.01. The van der Waals surface area contributed by atoms with Gasteiger partial charge in [-0.15, -0.1) is 11.8 Å². The van der Waals surface area contributed by atoms with Crippen LogP contribution in [0.4, 0.5) is 0 Å². The number of nitrogens with zero attached hydrogens (tertiary/aromatic N) is 1. The van der Waals surface area contributed by atoms with Gasteiger partial charge in [-0.2, -0.15) is 5.26 Å². The summed E-state index contributed by atoms with van der Waals surface area (Å²) in [5.41, 5.74) is -0.730. The molecule has 0 heterocycles. The molecule has 1 unspecified atom stereocenters. The van der Waals surface area contributed by atoms with E-state index in [1.54, 1.807) is 31.2 Å². The Morgan fingerprint density at radius 1 is 1.53 bits per heavy atom. The minimum absolute atomic E-state index is 0.131. The lowest BCUT2D eigenvalue weighted by Gasteiger charge is -2.22. The van der Waals surface area contributed by atoms with Crippen LogP contribution in [0.3, 0.4) is 0 Å². The van der Waals surface area contributed by atoms with Gasteiger partial charge >= 0.3 is 0 Å². The van der Waals surface area contributed by atoms with Crippen LogP contribution >= 0.6 is 11.8 Å². The number of phenols is 1. The van der Waals surface area contributed by atoms with Crippen LogP contribution in [0.15, 0.2) is 29.2 Å². The van der Waals surface area contributed by atoms with Crippen LogP contribution in [0.2, 0.25) is 0 Å². The van der Waals surface area contributed by atoms with Crippen LogP contribution in [0, 0.1) is 17.2 Å². The predicted molar refractivity (Wildman–Crippen MR) is 73.7 cm³/mol. The Morgan fingerprint density at radius 2 is 2.16 bits per heavy atom. The van der Waals surface area contributed by atoms with E-state index in [9.17, 15) is 4.79 Å². The van der Waals surface area contributed by atoms with Crippen molar-refractivity contribution in [1.82, 2.24) is 5.32 Å². The lowest BCUT2D eigenvalue weighted by Crippen LogP contribution is -2.47. The molecule has 1 aliphatic carbocycles. The Morgan fingerprint density at radius 3 is 2.68 bits per heavy atom. The van der Waals surface area contributed by atoms with Crippen LogP contribution < -0.4 is 5.32 Å². The molecule has 1 atom stereocenters. The van der Waals surface area contributed by atoms with E-state index < -0.39 is 5.54 Å². The molecule has 0 spiro atoms. The number of nitrogens with one attached hydrogen (secondary N) is 1. The summed E-state index contributed by atoms with van der Waals surface area (Å²) < 4.78 is 0. The minimum Gasteiger partial charge on any atom is -0.508 e. The maximum atomic E-state index is 11.9. The van der Waals surface area contributed by atoms with Gasteiger partial charge in [-0.05, 0) is 49.9 Å². The van der Waals surface area contributed by atoms with E-state index in [4.69, 9.17) is 10.4 Å². The SMILES string of the molecule is CC(C#N)(NC(=O)CSc1ccc(O)cc1)C1CC1. The number of carbonyl (C=O) groups is 1. The van der Waals surface area contributed by atoms with Crippen LogP contribution in [-0.2, 0) is 4.79 Å². The van der Waals surface area contributed by atoms with E-state index >= 15 is 0 Å². The van der Waals surface area contributed by atoms with Crippen molar-refractivity contribution in [1.29, 1.82) is 5.26 Å². The van der Waals surface area contributed by atoms with Gasteiger partial charge in [-0.25, -0.2) is 0 Å². The second-order valence-corrected chi connectivity index (χ2v) is 5.97. The van der Waals surface area contributed by atoms with Crippen molar-refractivity contribution in [2.75, 3.05) is 5.75 Å². The normalized spacial score (nSPS) is 17.3. The van der Waals surface area contributed by atoms with Crippen molar-refractivity contribution in [2.24, 2.45) is 5.92 Å². The molecule has 0 aliphatic heterocycles. The first-order valence-corrected chi connectivity index (χ1v) is 7.16. The summed E-state index contributed by atoms with van der Waals surface area (Å²) in [5.74, 6) is 0.642. The number of phenolic OH excluding ortho intramolecular Hbond substituents is 1. The number of rotatable bonds is 5. The second kappa shape index (κ2) is 5.54. The number of thioether (sulfide) groups is 1. The lowest BCUT2D eigenvalue weighted by molar-refractivity contribution is -0.119. The molecule has 0 radical (unpaired) electrons. The molecule has 2 rings (SSSR count). The molecule has 100 valence electrons. The van der Waals surface area contributed by atoms with Gasteiger partial charge in [0.05, 0.1) is 11.8 Å². The highest BCUT2D eigenvalue weighted by atomic mass is 32.2. The average molecular weight is 276 g/mol. The Balaban J connectivity index is 1.84. The standard InChI is InChI=1S/C14H16N2O2S/c1-14(9-15,10-2-3-10)16-13(18)8-19-12-6-4-11(17)5-7-12/h4-7,10,17H,2-3,8H2,1H3,(H,16,18). The van der Waals surface area contributed by atoms with Crippen molar-refractivity contribution in [3.05, 3.63) is 24.3 Å². The molecule has 1 fully saturated rings.